The number of halogens is 2. The van der Waals surface area contributed by atoms with E-state index in [0.717, 1.165) is 24.6 Å². The highest BCUT2D eigenvalue weighted by atomic mass is 35.5. The summed E-state index contributed by atoms with van der Waals surface area (Å²) in [5.41, 5.74) is 7.40. The highest BCUT2D eigenvalue weighted by Crippen LogP contribution is 2.28. The number of rotatable bonds is 5. The maximum absolute atomic E-state index is 4.84. The van der Waals surface area contributed by atoms with Crippen LogP contribution in [0, 0.1) is 6.92 Å². The van der Waals surface area contributed by atoms with E-state index in [0.29, 0.717) is 0 Å². The summed E-state index contributed by atoms with van der Waals surface area (Å²) in [7, 11) is 2.14. The maximum Gasteiger partial charge on any atom is 0.0668 e. The van der Waals surface area contributed by atoms with Gasteiger partial charge in [-0.05, 0) is 36.3 Å². The molecular formula is C26H28Cl2N2S. The predicted molar refractivity (Wildman–Crippen MR) is 142 cm³/mol. The zero-order chi connectivity index (χ0) is 20.1. The van der Waals surface area contributed by atoms with Crippen molar-refractivity contribution in [3.63, 3.8) is 0 Å². The number of benzodiazepines with no additional fused rings is 1. The van der Waals surface area contributed by atoms with Gasteiger partial charge < -0.3 is 4.90 Å². The van der Waals surface area contributed by atoms with Gasteiger partial charge in [-0.2, -0.15) is 0 Å². The third kappa shape index (κ3) is 6.39. The number of hydrogen-bond donors (Lipinski definition) is 0. The highest BCUT2D eigenvalue weighted by molar-refractivity contribution is 7.98. The summed E-state index contributed by atoms with van der Waals surface area (Å²) in [5.74, 6) is 0.972. The van der Waals surface area contributed by atoms with Crippen LogP contribution in [-0.2, 0) is 5.75 Å². The molecule has 4 rings (SSSR count). The molecule has 0 saturated heterocycles. The van der Waals surface area contributed by atoms with Crippen molar-refractivity contribution in [1.82, 2.24) is 0 Å². The Hall–Kier alpha value is -2.20. The van der Waals surface area contributed by atoms with E-state index < -0.39 is 0 Å². The van der Waals surface area contributed by atoms with Gasteiger partial charge in [0.1, 0.15) is 0 Å². The molecule has 3 aromatic carbocycles. The van der Waals surface area contributed by atoms with E-state index in [-0.39, 0.29) is 24.8 Å². The van der Waals surface area contributed by atoms with Crippen LogP contribution in [0.25, 0.3) is 6.08 Å². The van der Waals surface area contributed by atoms with Crippen LogP contribution >= 0.6 is 36.6 Å². The third-order valence-corrected chi connectivity index (χ3v) is 6.32. The Morgan fingerprint density at radius 3 is 2.42 bits per heavy atom. The topological polar surface area (TPSA) is 15.6 Å². The van der Waals surface area contributed by atoms with Gasteiger partial charge in [0.05, 0.1) is 12.3 Å². The SMILES string of the molecule is Cc1ccc(CSc2ccccc2/C=C/C2=NCCN(C)c3ccccc32)cc1.Cl.Cl. The molecule has 0 radical (unpaired) electrons. The van der Waals surface area contributed by atoms with E-state index in [9.17, 15) is 0 Å². The van der Waals surface area contributed by atoms with Crippen LogP contribution in [0.15, 0.2) is 88.8 Å². The quantitative estimate of drug-likeness (QED) is 0.370. The summed E-state index contributed by atoms with van der Waals surface area (Å²) in [5, 5.41) is 0. The number of aliphatic imine (C=N–C) groups is 1. The lowest BCUT2D eigenvalue weighted by atomic mass is 10.1. The van der Waals surface area contributed by atoms with Crippen LogP contribution in [0.3, 0.4) is 0 Å². The summed E-state index contributed by atoms with van der Waals surface area (Å²) in [6, 6.07) is 25.9. The molecule has 5 heteroatoms. The van der Waals surface area contributed by atoms with Gasteiger partial charge in [-0.1, -0.05) is 72.3 Å². The molecule has 0 N–H and O–H groups in total. The number of benzene rings is 3. The lowest BCUT2D eigenvalue weighted by Gasteiger charge is -2.18. The van der Waals surface area contributed by atoms with Crippen LogP contribution in [0.4, 0.5) is 5.69 Å². The molecule has 0 atom stereocenters. The molecule has 31 heavy (non-hydrogen) atoms. The van der Waals surface area contributed by atoms with Gasteiger partial charge in [-0.25, -0.2) is 0 Å². The number of anilines is 1. The lowest BCUT2D eigenvalue weighted by Crippen LogP contribution is -2.20. The summed E-state index contributed by atoms with van der Waals surface area (Å²) in [4.78, 5) is 8.42. The van der Waals surface area contributed by atoms with Gasteiger partial charge >= 0.3 is 0 Å². The van der Waals surface area contributed by atoms with Crippen molar-refractivity contribution in [3.05, 3.63) is 101 Å². The molecule has 162 valence electrons. The predicted octanol–water partition coefficient (Wildman–Crippen LogP) is 7.08. The van der Waals surface area contributed by atoms with E-state index in [2.05, 4.69) is 104 Å². The second-order valence-corrected chi connectivity index (χ2v) is 8.37. The largest absolute Gasteiger partial charge is 0.372 e. The molecule has 2 nitrogen and oxygen atoms in total. The van der Waals surface area contributed by atoms with Crippen molar-refractivity contribution in [2.75, 3.05) is 25.0 Å². The molecule has 0 fully saturated rings. The van der Waals surface area contributed by atoms with E-state index in [1.54, 1.807) is 0 Å². The fourth-order valence-electron chi connectivity index (χ4n) is 3.46. The highest BCUT2D eigenvalue weighted by Gasteiger charge is 2.13. The first kappa shape index (κ1) is 25.1. The zero-order valence-electron chi connectivity index (χ0n) is 17.8. The van der Waals surface area contributed by atoms with Crippen molar-refractivity contribution in [1.29, 1.82) is 0 Å². The first-order chi connectivity index (χ1) is 14.2. The average molecular weight is 471 g/mol. The van der Waals surface area contributed by atoms with Crippen molar-refractivity contribution in [2.45, 2.75) is 17.6 Å². The third-order valence-electron chi connectivity index (χ3n) is 5.16. The molecule has 0 aliphatic carbocycles. The second-order valence-electron chi connectivity index (χ2n) is 7.35. The fourth-order valence-corrected chi connectivity index (χ4v) is 4.45. The molecule has 0 aromatic heterocycles. The zero-order valence-corrected chi connectivity index (χ0v) is 20.3. The molecule has 0 saturated carbocycles. The van der Waals surface area contributed by atoms with E-state index in [4.69, 9.17) is 4.99 Å². The van der Waals surface area contributed by atoms with Crippen molar-refractivity contribution in [3.8, 4) is 0 Å². The summed E-state index contributed by atoms with van der Waals surface area (Å²) < 4.78 is 0. The monoisotopic (exact) mass is 470 g/mol. The van der Waals surface area contributed by atoms with E-state index in [1.807, 2.05) is 11.8 Å². The molecule has 1 aliphatic heterocycles. The number of nitrogens with zero attached hydrogens (tertiary/aromatic N) is 2. The van der Waals surface area contributed by atoms with Crippen LogP contribution in [0.2, 0.25) is 0 Å². The molecule has 0 bridgehead atoms. The number of fused-ring (bicyclic) bond motifs is 1. The minimum Gasteiger partial charge on any atom is -0.372 e. The van der Waals surface area contributed by atoms with Crippen LogP contribution in [-0.4, -0.2) is 25.8 Å². The number of para-hydroxylation sites is 1. The van der Waals surface area contributed by atoms with Crippen LogP contribution in [0.1, 0.15) is 22.3 Å². The Morgan fingerprint density at radius 2 is 1.61 bits per heavy atom. The Kier molecular flexibility index (Phi) is 9.70. The van der Waals surface area contributed by atoms with Gasteiger partial charge in [0, 0.05) is 35.5 Å². The molecule has 1 aliphatic rings. The molecule has 0 spiro atoms. The molecular weight excluding hydrogens is 443 g/mol. The standard InChI is InChI=1S/C26H26N2S.2ClH/c1-20-11-13-21(14-12-20)19-29-26-10-6-3-7-22(26)15-16-24-23-8-4-5-9-25(23)28(2)18-17-27-24;;/h3-16H,17-19H2,1-2H3;2*1H/b16-15+;;. The fraction of sp³-hybridized carbons (Fsp3) is 0.192. The van der Waals surface area contributed by atoms with Crippen molar-refractivity contribution < 1.29 is 0 Å². The molecule has 1 heterocycles. The lowest BCUT2D eigenvalue weighted by molar-refractivity contribution is 0.897. The van der Waals surface area contributed by atoms with E-state index in [1.165, 1.54) is 32.8 Å². The molecule has 3 aromatic rings. The Labute approximate surface area is 202 Å². The van der Waals surface area contributed by atoms with Crippen LogP contribution in [0.5, 0.6) is 0 Å². The van der Waals surface area contributed by atoms with Crippen molar-refractivity contribution in [2.24, 2.45) is 4.99 Å². The first-order valence-corrected chi connectivity index (χ1v) is 11.0. The number of aryl methyl sites for hydroxylation is 1. The number of likely N-dealkylation sites (N-methyl/N-ethyl adjacent to an activating group) is 1. The van der Waals surface area contributed by atoms with Gasteiger partial charge in [0.15, 0.2) is 0 Å². The summed E-state index contributed by atoms with van der Waals surface area (Å²) in [6.07, 6.45) is 4.38. The van der Waals surface area contributed by atoms with Crippen LogP contribution < -0.4 is 4.90 Å². The minimum atomic E-state index is 0. The number of thioether (sulfide) groups is 1. The smallest absolute Gasteiger partial charge is 0.0668 e. The Bertz CT molecular complexity index is 1050. The van der Waals surface area contributed by atoms with Gasteiger partial charge in [-0.15, -0.1) is 36.6 Å². The average Bonchev–Trinajstić information content (AvgIpc) is 2.91. The number of allylic oxidation sites excluding steroid dienone is 1. The maximum atomic E-state index is 4.84. The van der Waals surface area contributed by atoms with Crippen molar-refractivity contribution >= 4 is 54.1 Å². The summed E-state index contributed by atoms with van der Waals surface area (Å²) >= 11 is 1.88. The van der Waals surface area contributed by atoms with Gasteiger partial charge in [-0.3, -0.25) is 4.99 Å². The minimum absolute atomic E-state index is 0. The normalized spacial score (nSPS) is 13.0. The second kappa shape index (κ2) is 12.0. The summed E-state index contributed by atoms with van der Waals surface area (Å²) in [6.45, 7) is 3.88. The van der Waals surface area contributed by atoms with Gasteiger partial charge in [0.2, 0.25) is 0 Å². The Morgan fingerprint density at radius 1 is 0.903 bits per heavy atom. The van der Waals surface area contributed by atoms with E-state index >= 15 is 0 Å². The number of hydrogen-bond acceptors (Lipinski definition) is 3. The first-order valence-electron chi connectivity index (χ1n) is 10.0. The molecule has 0 unspecified atom stereocenters. The molecule has 0 amide bonds. The Balaban J connectivity index is 0.00000171. The van der Waals surface area contributed by atoms with Gasteiger partial charge in [0.25, 0.3) is 0 Å².